The Balaban J connectivity index is 2.55. The Morgan fingerprint density at radius 2 is 2.29 bits per heavy atom. The highest BCUT2D eigenvalue weighted by atomic mass is 16.4. The molecule has 94 valence electrons. The minimum Gasteiger partial charge on any atom is -0.481 e. The summed E-state index contributed by atoms with van der Waals surface area (Å²) in [5.74, 6) is 0.553. The molecule has 0 aliphatic rings. The Morgan fingerprint density at radius 3 is 2.88 bits per heavy atom. The lowest BCUT2D eigenvalue weighted by Crippen LogP contribution is -2.19. The molecular weight excluding hydrogens is 220 g/mol. The Hall–Kier alpha value is -1.85. The third-order valence-electron chi connectivity index (χ3n) is 2.23. The number of nitrogens with one attached hydrogen (secondary N) is 1. The van der Waals surface area contributed by atoms with Gasteiger partial charge in [0.25, 0.3) is 0 Å². The highest BCUT2D eigenvalue weighted by Crippen LogP contribution is 2.10. The molecule has 1 aromatic rings. The molecule has 0 fully saturated rings. The summed E-state index contributed by atoms with van der Waals surface area (Å²) in [5, 5.41) is 11.7. The van der Waals surface area contributed by atoms with Crippen LogP contribution >= 0.6 is 0 Å². The first-order chi connectivity index (χ1) is 7.99. The van der Waals surface area contributed by atoms with Gasteiger partial charge in [0, 0.05) is 32.8 Å². The number of rotatable bonds is 6. The molecule has 17 heavy (non-hydrogen) atoms. The molecular formula is C11H18N4O2. The fourth-order valence-electron chi connectivity index (χ4n) is 1.31. The van der Waals surface area contributed by atoms with E-state index in [0.717, 1.165) is 0 Å². The van der Waals surface area contributed by atoms with Crippen LogP contribution in [0.2, 0.25) is 0 Å². The van der Waals surface area contributed by atoms with Crippen molar-refractivity contribution in [1.82, 2.24) is 9.97 Å². The molecule has 1 heterocycles. The lowest BCUT2D eigenvalue weighted by atomic mass is 10.2. The zero-order valence-corrected chi connectivity index (χ0v) is 10.3. The standard InChI is InChI=1S/C11H18N4O2/c1-8(4-5-10(16)17)13-9-6-7-12-11(14-9)15(2)3/h6-8H,4-5H2,1-3H3,(H,16,17)(H,12,13,14). The van der Waals surface area contributed by atoms with Crippen LogP contribution in [0, 0.1) is 0 Å². The molecule has 1 unspecified atom stereocenters. The summed E-state index contributed by atoms with van der Waals surface area (Å²) in [7, 11) is 3.74. The average molecular weight is 238 g/mol. The van der Waals surface area contributed by atoms with Crippen LogP contribution in [-0.2, 0) is 4.79 Å². The summed E-state index contributed by atoms with van der Waals surface area (Å²) < 4.78 is 0. The Labute approximate surface area is 101 Å². The molecule has 1 atom stereocenters. The summed E-state index contributed by atoms with van der Waals surface area (Å²) in [6, 6.07) is 1.83. The topological polar surface area (TPSA) is 78.3 Å². The lowest BCUT2D eigenvalue weighted by Gasteiger charge is -2.15. The van der Waals surface area contributed by atoms with E-state index in [0.29, 0.717) is 18.2 Å². The van der Waals surface area contributed by atoms with Crippen molar-refractivity contribution in [2.75, 3.05) is 24.3 Å². The Bertz CT molecular complexity index is 381. The van der Waals surface area contributed by atoms with Gasteiger partial charge in [-0.05, 0) is 19.4 Å². The Kier molecular flexibility index (Phi) is 4.68. The first-order valence-corrected chi connectivity index (χ1v) is 5.47. The van der Waals surface area contributed by atoms with E-state index >= 15 is 0 Å². The quantitative estimate of drug-likeness (QED) is 0.775. The van der Waals surface area contributed by atoms with E-state index in [1.54, 1.807) is 12.3 Å². The molecule has 0 aliphatic heterocycles. The van der Waals surface area contributed by atoms with Crippen LogP contribution in [0.25, 0.3) is 0 Å². The van der Waals surface area contributed by atoms with Gasteiger partial charge in [-0.25, -0.2) is 4.98 Å². The first-order valence-electron chi connectivity index (χ1n) is 5.47. The van der Waals surface area contributed by atoms with Gasteiger partial charge in [-0.1, -0.05) is 0 Å². The zero-order chi connectivity index (χ0) is 12.8. The number of hydrogen-bond acceptors (Lipinski definition) is 5. The molecule has 1 rings (SSSR count). The number of nitrogens with zero attached hydrogens (tertiary/aromatic N) is 3. The number of aromatic nitrogens is 2. The molecule has 6 heteroatoms. The van der Waals surface area contributed by atoms with Crippen molar-refractivity contribution in [1.29, 1.82) is 0 Å². The van der Waals surface area contributed by atoms with Gasteiger partial charge in [0.05, 0.1) is 0 Å². The molecule has 0 saturated carbocycles. The molecule has 0 aromatic carbocycles. The minimum absolute atomic E-state index is 0.0658. The van der Waals surface area contributed by atoms with Crippen molar-refractivity contribution >= 4 is 17.7 Å². The molecule has 0 saturated heterocycles. The number of carbonyl (C=O) groups is 1. The second-order valence-electron chi connectivity index (χ2n) is 4.11. The van der Waals surface area contributed by atoms with Crippen LogP contribution in [0.1, 0.15) is 19.8 Å². The molecule has 0 bridgehead atoms. The van der Waals surface area contributed by atoms with Gasteiger partial charge in [-0.3, -0.25) is 4.79 Å². The van der Waals surface area contributed by atoms with Crippen molar-refractivity contribution in [2.24, 2.45) is 0 Å². The minimum atomic E-state index is -0.782. The second kappa shape index (κ2) is 6.03. The summed E-state index contributed by atoms with van der Waals surface area (Å²) in [6.45, 7) is 1.93. The monoisotopic (exact) mass is 238 g/mol. The normalized spacial score (nSPS) is 11.9. The number of carboxylic acids is 1. The number of aliphatic carboxylic acids is 1. The van der Waals surface area contributed by atoms with Gasteiger partial charge in [0.15, 0.2) is 0 Å². The fourth-order valence-corrected chi connectivity index (χ4v) is 1.31. The SMILES string of the molecule is CC(CCC(=O)O)Nc1ccnc(N(C)C)n1. The van der Waals surface area contributed by atoms with E-state index in [9.17, 15) is 4.79 Å². The van der Waals surface area contributed by atoms with Gasteiger partial charge in [0.1, 0.15) is 5.82 Å². The number of carboxylic acid groups (broad SMARTS) is 1. The maximum absolute atomic E-state index is 10.4. The molecule has 0 radical (unpaired) electrons. The van der Waals surface area contributed by atoms with Gasteiger partial charge in [0.2, 0.25) is 5.95 Å². The summed E-state index contributed by atoms with van der Waals surface area (Å²) in [4.78, 5) is 20.6. The van der Waals surface area contributed by atoms with E-state index in [1.165, 1.54) is 0 Å². The van der Waals surface area contributed by atoms with Gasteiger partial charge >= 0.3 is 5.97 Å². The molecule has 6 nitrogen and oxygen atoms in total. The lowest BCUT2D eigenvalue weighted by molar-refractivity contribution is -0.137. The first kappa shape index (κ1) is 13.2. The number of hydrogen-bond donors (Lipinski definition) is 2. The molecule has 2 N–H and O–H groups in total. The van der Waals surface area contributed by atoms with E-state index in [-0.39, 0.29) is 12.5 Å². The highest BCUT2D eigenvalue weighted by Gasteiger charge is 2.07. The summed E-state index contributed by atoms with van der Waals surface area (Å²) >= 11 is 0. The largest absolute Gasteiger partial charge is 0.481 e. The van der Waals surface area contributed by atoms with E-state index < -0.39 is 5.97 Å². The van der Waals surface area contributed by atoms with Crippen molar-refractivity contribution in [3.8, 4) is 0 Å². The van der Waals surface area contributed by atoms with Crippen LogP contribution in [0.5, 0.6) is 0 Å². The van der Waals surface area contributed by atoms with Crippen LogP contribution < -0.4 is 10.2 Å². The smallest absolute Gasteiger partial charge is 0.303 e. The second-order valence-corrected chi connectivity index (χ2v) is 4.11. The van der Waals surface area contributed by atoms with Crippen molar-refractivity contribution < 1.29 is 9.90 Å². The van der Waals surface area contributed by atoms with Gasteiger partial charge < -0.3 is 15.3 Å². The zero-order valence-electron chi connectivity index (χ0n) is 10.3. The molecule has 0 spiro atoms. The van der Waals surface area contributed by atoms with E-state index in [4.69, 9.17) is 5.11 Å². The van der Waals surface area contributed by atoms with Gasteiger partial charge in [-0.15, -0.1) is 0 Å². The van der Waals surface area contributed by atoms with E-state index in [2.05, 4.69) is 15.3 Å². The number of anilines is 2. The van der Waals surface area contributed by atoms with E-state index in [1.807, 2.05) is 25.9 Å². The Morgan fingerprint density at radius 1 is 1.59 bits per heavy atom. The van der Waals surface area contributed by atoms with Crippen LogP contribution in [-0.4, -0.2) is 41.2 Å². The van der Waals surface area contributed by atoms with Crippen LogP contribution in [0.4, 0.5) is 11.8 Å². The summed E-state index contributed by atoms with van der Waals surface area (Å²) in [5.41, 5.74) is 0. The maximum atomic E-state index is 10.4. The van der Waals surface area contributed by atoms with Crippen LogP contribution in [0.3, 0.4) is 0 Å². The molecule has 1 aromatic heterocycles. The predicted octanol–water partition coefficient (Wildman–Crippen LogP) is 1.21. The highest BCUT2D eigenvalue weighted by molar-refractivity contribution is 5.66. The summed E-state index contributed by atoms with van der Waals surface area (Å²) in [6.07, 6.45) is 2.39. The molecule has 0 aliphatic carbocycles. The third kappa shape index (κ3) is 4.67. The molecule has 0 amide bonds. The van der Waals surface area contributed by atoms with Crippen molar-refractivity contribution in [2.45, 2.75) is 25.8 Å². The van der Waals surface area contributed by atoms with Crippen molar-refractivity contribution in [3.63, 3.8) is 0 Å². The van der Waals surface area contributed by atoms with Crippen LogP contribution in [0.15, 0.2) is 12.3 Å². The third-order valence-corrected chi connectivity index (χ3v) is 2.23. The maximum Gasteiger partial charge on any atom is 0.303 e. The average Bonchev–Trinajstić information content (AvgIpc) is 2.26. The van der Waals surface area contributed by atoms with Gasteiger partial charge in [-0.2, -0.15) is 4.98 Å². The predicted molar refractivity (Wildman–Crippen MR) is 66.3 cm³/mol. The fraction of sp³-hybridized carbons (Fsp3) is 0.545. The van der Waals surface area contributed by atoms with Crippen molar-refractivity contribution in [3.05, 3.63) is 12.3 Å².